The lowest BCUT2D eigenvalue weighted by Crippen LogP contribution is -2.63. The van der Waals surface area contributed by atoms with Crippen LogP contribution >= 0.6 is 23.2 Å². The Bertz CT molecular complexity index is 177. The number of halogens is 2. The van der Waals surface area contributed by atoms with Gasteiger partial charge in [-0.3, -0.25) is 10.6 Å². The van der Waals surface area contributed by atoms with Crippen LogP contribution in [0.5, 0.6) is 0 Å². The second-order valence-electron chi connectivity index (χ2n) is 4.00. The number of alkyl halides is 2. The summed E-state index contributed by atoms with van der Waals surface area (Å²) in [5, 5.41) is 6.80. The van der Waals surface area contributed by atoms with Gasteiger partial charge in [-0.2, -0.15) is 0 Å². The van der Waals surface area contributed by atoms with Crippen LogP contribution in [-0.2, 0) is 0 Å². The van der Waals surface area contributed by atoms with Crippen molar-refractivity contribution in [3.8, 4) is 0 Å². The first-order valence-corrected chi connectivity index (χ1v) is 6.00. The molecule has 0 aromatic rings. The molecule has 1 saturated carbocycles. The number of hydrogen-bond donors (Lipinski definition) is 2. The van der Waals surface area contributed by atoms with Gasteiger partial charge in [-0.05, 0) is 12.8 Å². The van der Waals surface area contributed by atoms with Gasteiger partial charge in [0.25, 0.3) is 0 Å². The molecule has 2 N–H and O–H groups in total. The topological polar surface area (TPSA) is 24.1 Å². The molecule has 76 valence electrons. The van der Waals surface area contributed by atoms with Crippen LogP contribution < -0.4 is 10.6 Å². The van der Waals surface area contributed by atoms with E-state index in [4.69, 9.17) is 23.2 Å². The third kappa shape index (κ3) is 2.12. The molecule has 0 aromatic carbocycles. The second-order valence-corrected chi connectivity index (χ2v) is 4.78. The highest BCUT2D eigenvalue weighted by Crippen LogP contribution is 2.31. The predicted molar refractivity (Wildman–Crippen MR) is 56.2 cm³/mol. The molecule has 0 aromatic heterocycles. The zero-order valence-electron chi connectivity index (χ0n) is 7.60. The van der Waals surface area contributed by atoms with Crippen LogP contribution in [0.2, 0.25) is 0 Å². The first-order chi connectivity index (χ1) is 6.31. The van der Waals surface area contributed by atoms with Gasteiger partial charge in [0.05, 0.1) is 17.5 Å². The summed E-state index contributed by atoms with van der Waals surface area (Å²) in [6.07, 6.45) is 5.34. The van der Waals surface area contributed by atoms with Crippen molar-refractivity contribution in [2.75, 3.05) is 5.88 Å². The second kappa shape index (κ2) is 4.35. The van der Waals surface area contributed by atoms with Crippen molar-refractivity contribution in [3.63, 3.8) is 0 Å². The Hall–Kier alpha value is 0.500. The zero-order valence-corrected chi connectivity index (χ0v) is 9.11. The maximum Gasteiger partial charge on any atom is 0.0881 e. The molecule has 0 spiro atoms. The van der Waals surface area contributed by atoms with Crippen molar-refractivity contribution in [2.45, 2.75) is 43.4 Å². The van der Waals surface area contributed by atoms with Crippen molar-refractivity contribution in [3.05, 3.63) is 0 Å². The summed E-state index contributed by atoms with van der Waals surface area (Å²) in [6, 6.07) is 0.584. The first kappa shape index (κ1) is 10.0. The monoisotopic (exact) mass is 222 g/mol. The van der Waals surface area contributed by atoms with E-state index in [-0.39, 0.29) is 11.7 Å². The normalized spacial score (nSPS) is 45.7. The summed E-state index contributed by atoms with van der Waals surface area (Å²) in [6.45, 7) is 0. The molecule has 4 atom stereocenters. The third-order valence-corrected chi connectivity index (χ3v) is 3.88. The molecule has 0 amide bonds. The summed E-state index contributed by atoms with van der Waals surface area (Å²) in [5.74, 6) is 1.18. The van der Waals surface area contributed by atoms with Crippen LogP contribution in [0.25, 0.3) is 0 Å². The van der Waals surface area contributed by atoms with Crippen LogP contribution in [0.4, 0.5) is 0 Å². The minimum atomic E-state index is 0.107. The fourth-order valence-electron chi connectivity index (χ4n) is 2.43. The van der Waals surface area contributed by atoms with Gasteiger partial charge in [-0.15, -0.1) is 23.2 Å². The van der Waals surface area contributed by atoms with Gasteiger partial charge < -0.3 is 0 Å². The van der Waals surface area contributed by atoms with E-state index < -0.39 is 0 Å². The van der Waals surface area contributed by atoms with Crippen LogP contribution in [0, 0.1) is 5.92 Å². The maximum atomic E-state index is 6.25. The number of hydrogen-bond acceptors (Lipinski definition) is 2. The van der Waals surface area contributed by atoms with E-state index in [0.717, 1.165) is 0 Å². The third-order valence-electron chi connectivity index (χ3n) is 3.13. The maximum absolute atomic E-state index is 6.25. The van der Waals surface area contributed by atoms with Crippen molar-refractivity contribution in [1.29, 1.82) is 0 Å². The summed E-state index contributed by atoms with van der Waals surface area (Å²) in [7, 11) is 0. The highest BCUT2D eigenvalue weighted by atomic mass is 35.5. The number of fused-ring (bicyclic) bond motifs is 1. The van der Waals surface area contributed by atoms with Gasteiger partial charge in [0, 0.05) is 12.0 Å². The van der Waals surface area contributed by atoms with Gasteiger partial charge in [-0.1, -0.05) is 12.8 Å². The van der Waals surface area contributed by atoms with E-state index in [2.05, 4.69) is 10.6 Å². The van der Waals surface area contributed by atoms with Crippen molar-refractivity contribution < 1.29 is 0 Å². The molecule has 1 saturated heterocycles. The lowest BCUT2D eigenvalue weighted by atomic mass is 9.83. The van der Waals surface area contributed by atoms with Gasteiger partial charge in [0.1, 0.15) is 0 Å². The molecule has 2 fully saturated rings. The Kier molecular flexibility index (Phi) is 3.36. The number of nitrogens with one attached hydrogen (secondary N) is 2. The predicted octanol–water partition coefficient (Wildman–Crippen LogP) is 1.87. The SMILES string of the molecule is ClCC1NC(Cl)C2CCCCC2N1. The zero-order chi connectivity index (χ0) is 9.26. The minimum absolute atomic E-state index is 0.107. The standard InChI is InChI=1S/C9H16Cl2N2/c10-5-8-12-7-4-2-1-3-6(7)9(11)13-8/h6-9,12-13H,1-5H2. The van der Waals surface area contributed by atoms with Crippen LogP contribution in [0.15, 0.2) is 0 Å². The summed E-state index contributed by atoms with van der Waals surface area (Å²) >= 11 is 12.0. The first-order valence-electron chi connectivity index (χ1n) is 5.03. The molecule has 13 heavy (non-hydrogen) atoms. The Balaban J connectivity index is 1.99. The van der Waals surface area contributed by atoms with E-state index >= 15 is 0 Å². The van der Waals surface area contributed by atoms with Crippen LogP contribution in [0.3, 0.4) is 0 Å². The molecule has 2 nitrogen and oxygen atoms in total. The molecule has 1 aliphatic carbocycles. The lowest BCUT2D eigenvalue weighted by Gasteiger charge is -2.43. The minimum Gasteiger partial charge on any atom is -0.298 e. The highest BCUT2D eigenvalue weighted by Gasteiger charge is 2.36. The molecule has 0 bridgehead atoms. The van der Waals surface area contributed by atoms with E-state index in [1.165, 1.54) is 25.7 Å². The van der Waals surface area contributed by atoms with Crippen molar-refractivity contribution in [1.82, 2.24) is 10.6 Å². The summed E-state index contributed by atoms with van der Waals surface area (Å²) in [4.78, 5) is 0. The van der Waals surface area contributed by atoms with E-state index in [9.17, 15) is 0 Å². The molecule has 1 heterocycles. The van der Waals surface area contributed by atoms with Crippen LogP contribution in [0.1, 0.15) is 25.7 Å². The van der Waals surface area contributed by atoms with Gasteiger partial charge >= 0.3 is 0 Å². The molecule has 4 unspecified atom stereocenters. The average Bonchev–Trinajstić information content (AvgIpc) is 2.18. The largest absolute Gasteiger partial charge is 0.298 e. The quantitative estimate of drug-likeness (QED) is 0.523. The molecule has 4 heteroatoms. The highest BCUT2D eigenvalue weighted by molar-refractivity contribution is 6.21. The summed E-state index contributed by atoms with van der Waals surface area (Å²) < 4.78 is 0. The van der Waals surface area contributed by atoms with E-state index in [1.54, 1.807) is 0 Å². The van der Waals surface area contributed by atoms with Gasteiger partial charge in [0.2, 0.25) is 0 Å². The van der Waals surface area contributed by atoms with Gasteiger partial charge in [0.15, 0.2) is 0 Å². The lowest BCUT2D eigenvalue weighted by molar-refractivity contribution is 0.163. The molecule has 2 aliphatic rings. The van der Waals surface area contributed by atoms with Crippen molar-refractivity contribution >= 4 is 23.2 Å². The average molecular weight is 223 g/mol. The Morgan fingerprint density at radius 2 is 1.92 bits per heavy atom. The fourth-order valence-corrected chi connectivity index (χ4v) is 3.06. The van der Waals surface area contributed by atoms with E-state index in [1.807, 2.05) is 0 Å². The van der Waals surface area contributed by atoms with Crippen molar-refractivity contribution in [2.24, 2.45) is 5.92 Å². The Morgan fingerprint density at radius 1 is 1.15 bits per heavy atom. The molecule has 1 aliphatic heterocycles. The molecular formula is C9H16Cl2N2. The Labute approximate surface area is 89.4 Å². The van der Waals surface area contributed by atoms with Gasteiger partial charge in [-0.25, -0.2) is 0 Å². The smallest absolute Gasteiger partial charge is 0.0881 e. The summed E-state index contributed by atoms with van der Waals surface area (Å²) in [5.41, 5.74) is 0.107. The molecule has 0 radical (unpaired) electrons. The molecular weight excluding hydrogens is 207 g/mol. The van der Waals surface area contributed by atoms with E-state index in [0.29, 0.717) is 17.8 Å². The molecule has 2 rings (SSSR count). The van der Waals surface area contributed by atoms with Crippen LogP contribution in [-0.4, -0.2) is 23.6 Å². The fraction of sp³-hybridized carbons (Fsp3) is 1.00. The Morgan fingerprint density at radius 3 is 2.69 bits per heavy atom. The number of rotatable bonds is 1.